The van der Waals surface area contributed by atoms with Gasteiger partial charge in [-0.25, -0.2) is 0 Å². The van der Waals surface area contributed by atoms with Crippen molar-refractivity contribution in [3.8, 4) is 33.8 Å². The first-order valence-corrected chi connectivity index (χ1v) is 22.9. The van der Waals surface area contributed by atoms with Crippen molar-refractivity contribution in [2.24, 2.45) is 0 Å². The Morgan fingerprint density at radius 1 is 0.339 bits per heavy atom. The van der Waals surface area contributed by atoms with E-state index >= 15 is 0 Å². The Morgan fingerprint density at radius 2 is 0.661 bits per heavy atom. The topological polar surface area (TPSA) is 12.5 Å². The molecule has 4 fully saturated rings. The molecule has 0 spiro atoms. The van der Waals surface area contributed by atoms with Gasteiger partial charge in [0.1, 0.15) is 0 Å². The van der Waals surface area contributed by atoms with Gasteiger partial charge in [-0.2, -0.15) is 0 Å². The SMILES string of the molecule is c1ccc2c(c1)Oc1ccccc1N2c1cc(-c2cc(C3CCCCC3)cc(C3CCCCC3)c2)cc(-c2cc(C3CCCCC3)cc(C3CCCCC3)c2)c1. The number of benzene rings is 5. The largest absolute Gasteiger partial charge is 0.453 e. The Morgan fingerprint density at radius 3 is 1.02 bits per heavy atom. The fourth-order valence-electron chi connectivity index (χ4n) is 11.4. The summed E-state index contributed by atoms with van der Waals surface area (Å²) in [5, 5.41) is 0. The molecular weight excluding hydrogens is 679 g/mol. The molecule has 5 aromatic rings. The third-order valence-corrected chi connectivity index (χ3v) is 14.5. The standard InChI is InChI=1S/C54H61NO/c1-5-17-38(18-6-1)42-29-43(39-19-7-2-8-20-39)32-46(31-42)48-35-49(37-50(36-48)55-51-25-13-15-27-53(51)56-54-28-16-14-26-52(54)55)47-33-44(40-21-9-3-10-22-40)30-45(34-47)41-23-11-4-12-24-41/h13-16,25-41H,1-12,17-24H2. The molecule has 0 bridgehead atoms. The lowest BCUT2D eigenvalue weighted by Crippen LogP contribution is -2.16. The van der Waals surface area contributed by atoms with E-state index in [-0.39, 0.29) is 0 Å². The van der Waals surface area contributed by atoms with Gasteiger partial charge in [0.05, 0.1) is 11.4 Å². The summed E-state index contributed by atoms with van der Waals surface area (Å²) in [5.74, 6) is 4.54. The molecule has 288 valence electrons. The lowest BCUT2D eigenvalue weighted by molar-refractivity contribution is 0.435. The zero-order chi connectivity index (χ0) is 37.3. The average Bonchev–Trinajstić information content (AvgIpc) is 3.29. The molecular formula is C54H61NO. The molecule has 0 unspecified atom stereocenters. The summed E-state index contributed by atoms with van der Waals surface area (Å²) in [7, 11) is 0. The first-order valence-electron chi connectivity index (χ1n) is 22.9. The molecule has 0 N–H and O–H groups in total. The fraction of sp³-hybridized carbons (Fsp3) is 0.444. The molecule has 1 heterocycles. The lowest BCUT2D eigenvalue weighted by Gasteiger charge is -2.33. The van der Waals surface area contributed by atoms with Gasteiger partial charge >= 0.3 is 0 Å². The molecule has 0 saturated heterocycles. The van der Waals surface area contributed by atoms with Crippen LogP contribution in [0.2, 0.25) is 0 Å². The van der Waals surface area contributed by atoms with E-state index in [0.717, 1.165) is 22.9 Å². The van der Waals surface area contributed by atoms with Crippen molar-refractivity contribution in [2.75, 3.05) is 4.90 Å². The molecule has 4 aliphatic carbocycles. The number of hydrogen-bond donors (Lipinski definition) is 0. The maximum atomic E-state index is 6.55. The van der Waals surface area contributed by atoms with Gasteiger partial charge < -0.3 is 9.64 Å². The zero-order valence-electron chi connectivity index (χ0n) is 33.6. The van der Waals surface area contributed by atoms with Crippen LogP contribution < -0.4 is 9.64 Å². The minimum Gasteiger partial charge on any atom is -0.453 e. The molecule has 0 atom stereocenters. The van der Waals surface area contributed by atoms with Crippen molar-refractivity contribution in [2.45, 2.75) is 152 Å². The van der Waals surface area contributed by atoms with Gasteiger partial charge in [0.2, 0.25) is 0 Å². The number of nitrogens with zero attached hydrogens (tertiary/aromatic N) is 1. The van der Waals surface area contributed by atoms with Crippen LogP contribution in [-0.2, 0) is 0 Å². The van der Waals surface area contributed by atoms with Crippen LogP contribution in [0.25, 0.3) is 22.3 Å². The number of para-hydroxylation sites is 4. The normalized spacial score (nSPS) is 20.0. The Labute approximate surface area is 336 Å². The summed E-state index contributed by atoms with van der Waals surface area (Å²) >= 11 is 0. The van der Waals surface area contributed by atoms with E-state index < -0.39 is 0 Å². The van der Waals surface area contributed by atoms with Gasteiger partial charge in [0.25, 0.3) is 0 Å². The lowest BCUT2D eigenvalue weighted by atomic mass is 9.78. The summed E-state index contributed by atoms with van der Waals surface area (Å²) in [5.41, 5.74) is 15.3. The number of anilines is 3. The van der Waals surface area contributed by atoms with Gasteiger partial charge in [-0.15, -0.1) is 0 Å². The Kier molecular flexibility index (Phi) is 10.5. The molecule has 4 saturated carbocycles. The van der Waals surface area contributed by atoms with E-state index in [9.17, 15) is 0 Å². The predicted molar refractivity (Wildman–Crippen MR) is 235 cm³/mol. The zero-order valence-corrected chi connectivity index (χ0v) is 33.6. The molecule has 10 rings (SSSR count). The minimum absolute atomic E-state index is 0.678. The molecule has 5 aliphatic rings. The van der Waals surface area contributed by atoms with E-state index in [0.29, 0.717) is 23.7 Å². The quantitative estimate of drug-likeness (QED) is 0.162. The third-order valence-electron chi connectivity index (χ3n) is 14.5. The van der Waals surface area contributed by atoms with Gasteiger partial charge in [-0.3, -0.25) is 0 Å². The molecule has 0 radical (unpaired) electrons. The van der Waals surface area contributed by atoms with E-state index in [2.05, 4.69) is 108 Å². The average molecular weight is 740 g/mol. The highest BCUT2D eigenvalue weighted by Crippen LogP contribution is 2.52. The van der Waals surface area contributed by atoms with Gasteiger partial charge in [0, 0.05) is 5.69 Å². The van der Waals surface area contributed by atoms with Crippen molar-refractivity contribution >= 4 is 17.1 Å². The van der Waals surface area contributed by atoms with Crippen molar-refractivity contribution in [3.63, 3.8) is 0 Å². The van der Waals surface area contributed by atoms with E-state index in [1.807, 2.05) is 0 Å². The van der Waals surface area contributed by atoms with Crippen LogP contribution in [0.1, 0.15) is 174 Å². The number of ether oxygens (including phenoxy) is 1. The second-order valence-corrected chi connectivity index (χ2v) is 18.3. The molecule has 0 amide bonds. The Balaban J connectivity index is 1.18. The van der Waals surface area contributed by atoms with Crippen LogP contribution in [-0.4, -0.2) is 0 Å². The summed E-state index contributed by atoms with van der Waals surface area (Å²) in [6.45, 7) is 0. The first-order chi connectivity index (χ1) is 27.7. The van der Waals surface area contributed by atoms with E-state index in [1.165, 1.54) is 156 Å². The van der Waals surface area contributed by atoms with Crippen LogP contribution >= 0.6 is 0 Å². The molecule has 56 heavy (non-hydrogen) atoms. The molecule has 5 aromatic carbocycles. The van der Waals surface area contributed by atoms with Crippen molar-refractivity contribution in [3.05, 3.63) is 125 Å². The summed E-state index contributed by atoms with van der Waals surface area (Å²) < 4.78 is 6.55. The Hall–Kier alpha value is -4.30. The fourth-order valence-corrected chi connectivity index (χ4v) is 11.4. The van der Waals surface area contributed by atoms with Gasteiger partial charge in [-0.05, 0) is 162 Å². The summed E-state index contributed by atoms with van der Waals surface area (Å²) in [6.07, 6.45) is 27.1. The van der Waals surface area contributed by atoms with Gasteiger partial charge in [0.15, 0.2) is 11.5 Å². The summed E-state index contributed by atoms with van der Waals surface area (Å²) in [4.78, 5) is 2.47. The molecule has 2 nitrogen and oxygen atoms in total. The number of hydrogen-bond acceptors (Lipinski definition) is 2. The maximum Gasteiger partial charge on any atom is 0.151 e. The van der Waals surface area contributed by atoms with Crippen LogP contribution in [0.3, 0.4) is 0 Å². The van der Waals surface area contributed by atoms with E-state index in [1.54, 1.807) is 22.3 Å². The highest BCUT2D eigenvalue weighted by molar-refractivity contribution is 5.90. The second-order valence-electron chi connectivity index (χ2n) is 18.3. The highest BCUT2D eigenvalue weighted by Gasteiger charge is 2.28. The molecule has 2 heteroatoms. The summed E-state index contributed by atoms with van der Waals surface area (Å²) in [6, 6.07) is 40.5. The van der Waals surface area contributed by atoms with Crippen LogP contribution in [0, 0.1) is 0 Å². The van der Waals surface area contributed by atoms with Crippen molar-refractivity contribution in [1.29, 1.82) is 0 Å². The Bertz CT molecular complexity index is 1920. The number of rotatable bonds is 7. The molecule has 1 aliphatic heterocycles. The van der Waals surface area contributed by atoms with Crippen LogP contribution in [0.4, 0.5) is 17.1 Å². The maximum absolute atomic E-state index is 6.55. The highest BCUT2D eigenvalue weighted by atomic mass is 16.5. The van der Waals surface area contributed by atoms with Crippen molar-refractivity contribution in [1.82, 2.24) is 0 Å². The number of fused-ring (bicyclic) bond motifs is 2. The monoisotopic (exact) mass is 739 g/mol. The first kappa shape index (κ1) is 36.1. The van der Waals surface area contributed by atoms with Crippen LogP contribution in [0.5, 0.6) is 11.5 Å². The minimum atomic E-state index is 0.678. The van der Waals surface area contributed by atoms with E-state index in [4.69, 9.17) is 4.74 Å². The second kappa shape index (κ2) is 16.3. The van der Waals surface area contributed by atoms with Crippen molar-refractivity contribution < 1.29 is 4.74 Å². The van der Waals surface area contributed by atoms with Crippen LogP contribution in [0.15, 0.2) is 103 Å². The molecule has 0 aromatic heterocycles. The van der Waals surface area contributed by atoms with Gasteiger partial charge in [-0.1, -0.05) is 138 Å². The third kappa shape index (κ3) is 7.46. The predicted octanol–water partition coefficient (Wildman–Crippen LogP) is 16.8. The smallest absolute Gasteiger partial charge is 0.151 e.